The largest absolute Gasteiger partial charge is 0.376 e. The zero-order chi connectivity index (χ0) is 34.2. The third-order valence-corrected chi connectivity index (χ3v) is 10.2. The van der Waals surface area contributed by atoms with E-state index in [1.165, 1.54) is 109 Å². The van der Waals surface area contributed by atoms with Gasteiger partial charge in [0.2, 0.25) is 38.4 Å². The summed E-state index contributed by atoms with van der Waals surface area (Å²) in [4.78, 5) is 43.0. The smallest absolute Gasteiger partial charge is 0.218 e. The van der Waals surface area contributed by atoms with Gasteiger partial charge in [0.15, 0.2) is 17.3 Å². The SMILES string of the molecule is CO[C@H]1O[C@H](C(O)S(=O)(=O)c2ccc(C)cc2)[C@](O)(C(=O)c2ccccc2)[C@@](O)(C(=O)c2ccccc2)[C@@]1(O)C(=O)c1ccccc1. The molecule has 1 aliphatic heterocycles. The minimum atomic E-state index is -4.95. The Morgan fingerprint density at radius 2 is 1.09 bits per heavy atom. The fourth-order valence-corrected chi connectivity index (χ4v) is 7.24. The molecule has 6 atom stereocenters. The van der Waals surface area contributed by atoms with Crippen LogP contribution in [0.5, 0.6) is 0 Å². The van der Waals surface area contributed by atoms with Gasteiger partial charge in [-0.3, -0.25) is 14.4 Å². The van der Waals surface area contributed by atoms with E-state index in [0.29, 0.717) is 5.56 Å². The fraction of sp³-hybridized carbons (Fsp3) is 0.229. The zero-order valence-corrected chi connectivity index (χ0v) is 26.1. The molecule has 1 fully saturated rings. The number of hydrogen-bond donors (Lipinski definition) is 4. The summed E-state index contributed by atoms with van der Waals surface area (Å²) in [5, 5.41) is 49.6. The first-order chi connectivity index (χ1) is 22.3. The number of Topliss-reactive ketones (excluding diaryl/α,β-unsaturated/α-hetero) is 3. The molecule has 4 N–H and O–H groups in total. The first kappa shape index (κ1) is 33.9. The molecule has 0 spiro atoms. The van der Waals surface area contributed by atoms with Crippen molar-refractivity contribution in [2.75, 3.05) is 7.11 Å². The Morgan fingerprint density at radius 1 is 0.681 bits per heavy atom. The van der Waals surface area contributed by atoms with Gasteiger partial charge < -0.3 is 29.9 Å². The van der Waals surface area contributed by atoms with Crippen LogP contribution in [0.15, 0.2) is 120 Å². The molecule has 1 saturated heterocycles. The lowest BCUT2D eigenvalue weighted by molar-refractivity contribution is -0.356. The highest BCUT2D eigenvalue weighted by Crippen LogP contribution is 2.51. The van der Waals surface area contributed by atoms with Crippen molar-refractivity contribution in [3.05, 3.63) is 138 Å². The molecular formula is C35H32O11S. The van der Waals surface area contributed by atoms with Crippen molar-refractivity contribution >= 4 is 27.2 Å². The topological polar surface area (TPSA) is 185 Å². The van der Waals surface area contributed by atoms with Crippen molar-refractivity contribution in [1.29, 1.82) is 0 Å². The molecule has 5 rings (SSSR count). The number of aliphatic hydroxyl groups is 4. The summed E-state index contributed by atoms with van der Waals surface area (Å²) in [5.74, 6) is -4.51. The molecule has 0 aromatic heterocycles. The van der Waals surface area contributed by atoms with E-state index in [-0.39, 0.29) is 16.7 Å². The van der Waals surface area contributed by atoms with Crippen LogP contribution in [-0.4, -0.2) is 87.9 Å². The molecule has 0 amide bonds. The number of rotatable bonds is 10. The van der Waals surface area contributed by atoms with E-state index in [1.54, 1.807) is 13.0 Å². The lowest BCUT2D eigenvalue weighted by Gasteiger charge is -2.58. The quantitative estimate of drug-likeness (QED) is 0.183. The van der Waals surface area contributed by atoms with Crippen LogP contribution in [0.3, 0.4) is 0 Å². The maximum atomic E-state index is 14.6. The average Bonchev–Trinajstić information content (AvgIpc) is 3.10. The van der Waals surface area contributed by atoms with Crippen LogP contribution in [0, 0.1) is 6.92 Å². The molecule has 47 heavy (non-hydrogen) atoms. The van der Waals surface area contributed by atoms with Crippen molar-refractivity contribution in [2.24, 2.45) is 0 Å². The van der Waals surface area contributed by atoms with Gasteiger partial charge in [0.1, 0.15) is 6.10 Å². The van der Waals surface area contributed by atoms with Gasteiger partial charge in [0.25, 0.3) is 0 Å². The summed E-state index contributed by atoms with van der Waals surface area (Å²) >= 11 is 0. The van der Waals surface area contributed by atoms with Crippen molar-refractivity contribution in [3.63, 3.8) is 0 Å². The Labute approximate surface area is 270 Å². The predicted molar refractivity (Wildman–Crippen MR) is 167 cm³/mol. The number of benzene rings is 4. The number of methoxy groups -OCH3 is 1. The van der Waals surface area contributed by atoms with E-state index in [4.69, 9.17) is 9.47 Å². The van der Waals surface area contributed by atoms with Gasteiger partial charge >= 0.3 is 0 Å². The minimum Gasteiger partial charge on any atom is -0.376 e. The molecule has 0 aliphatic carbocycles. The molecule has 4 aromatic carbocycles. The monoisotopic (exact) mass is 660 g/mol. The lowest BCUT2D eigenvalue weighted by Crippen LogP contribution is -2.87. The number of carbonyl (C=O) groups excluding carboxylic acids is 3. The molecule has 1 heterocycles. The highest BCUT2D eigenvalue weighted by Gasteiger charge is 2.82. The van der Waals surface area contributed by atoms with Crippen molar-refractivity contribution in [2.45, 2.75) is 46.5 Å². The Balaban J connectivity index is 1.86. The van der Waals surface area contributed by atoms with Crippen LogP contribution < -0.4 is 0 Å². The van der Waals surface area contributed by atoms with Crippen LogP contribution in [-0.2, 0) is 19.3 Å². The molecule has 0 saturated carbocycles. The Hall–Kier alpha value is -4.40. The third kappa shape index (κ3) is 5.24. The maximum Gasteiger partial charge on any atom is 0.218 e. The van der Waals surface area contributed by atoms with E-state index in [9.17, 15) is 43.2 Å². The molecule has 11 nitrogen and oxygen atoms in total. The fourth-order valence-electron chi connectivity index (χ4n) is 5.86. The standard InChI is InChI=1S/C35H32O11S/c1-22-18-20-26(21-19-22)47(43,44)31(39)30-33(40,27(36)23-12-6-3-7-13-23)35(42,29(38)25-16-10-5-11-17-25)34(41,32(45-2)46-30)28(37)24-14-8-4-9-15-24/h3-21,30-32,39-42H,1-2H3/t30-,31?,32+,33-,34-,35+/m1/s1. The van der Waals surface area contributed by atoms with Crippen molar-refractivity contribution in [3.8, 4) is 0 Å². The van der Waals surface area contributed by atoms with Gasteiger partial charge in [-0.1, -0.05) is 109 Å². The number of sulfone groups is 1. The van der Waals surface area contributed by atoms with E-state index in [0.717, 1.165) is 7.11 Å². The van der Waals surface area contributed by atoms with Crippen LogP contribution >= 0.6 is 0 Å². The first-order valence-corrected chi connectivity index (χ1v) is 15.9. The summed E-state index contributed by atoms with van der Waals surface area (Å²) < 4.78 is 38.7. The molecular weight excluding hydrogens is 628 g/mol. The molecule has 1 aliphatic rings. The van der Waals surface area contributed by atoms with Crippen LogP contribution in [0.25, 0.3) is 0 Å². The summed E-state index contributed by atoms with van der Waals surface area (Å²) in [7, 11) is -4.03. The summed E-state index contributed by atoms with van der Waals surface area (Å²) in [5.41, 5.74) is -14.7. The average molecular weight is 661 g/mol. The minimum absolute atomic E-state index is 0.291. The number of aryl methyl sites for hydroxylation is 1. The van der Waals surface area contributed by atoms with E-state index >= 15 is 0 Å². The second-order valence-electron chi connectivity index (χ2n) is 11.2. The Bertz CT molecular complexity index is 1880. The van der Waals surface area contributed by atoms with E-state index < -0.39 is 66.7 Å². The highest BCUT2D eigenvalue weighted by molar-refractivity contribution is 7.92. The van der Waals surface area contributed by atoms with E-state index in [2.05, 4.69) is 0 Å². The number of ether oxygens (including phenoxy) is 2. The van der Waals surface area contributed by atoms with Crippen LogP contribution in [0.4, 0.5) is 0 Å². The van der Waals surface area contributed by atoms with Crippen LogP contribution in [0.1, 0.15) is 36.6 Å². The van der Waals surface area contributed by atoms with Gasteiger partial charge in [-0.05, 0) is 19.1 Å². The van der Waals surface area contributed by atoms with Crippen molar-refractivity contribution < 1.29 is 52.7 Å². The lowest BCUT2D eigenvalue weighted by atomic mass is 9.58. The van der Waals surface area contributed by atoms with Gasteiger partial charge in [-0.25, -0.2) is 8.42 Å². The van der Waals surface area contributed by atoms with Gasteiger partial charge in [-0.2, -0.15) is 0 Å². The third-order valence-electron chi connectivity index (χ3n) is 8.40. The Morgan fingerprint density at radius 3 is 1.51 bits per heavy atom. The molecule has 12 heteroatoms. The Kier molecular flexibility index (Phi) is 9.14. The van der Waals surface area contributed by atoms with Crippen molar-refractivity contribution in [1.82, 2.24) is 0 Å². The summed E-state index contributed by atoms with van der Waals surface area (Å²) in [6.45, 7) is 1.69. The summed E-state index contributed by atoms with van der Waals surface area (Å²) in [6, 6.07) is 25.4. The normalized spacial score (nSPS) is 26.7. The second kappa shape index (κ2) is 12.7. The van der Waals surface area contributed by atoms with Gasteiger partial charge in [-0.15, -0.1) is 0 Å². The molecule has 0 bridgehead atoms. The predicted octanol–water partition coefficient (Wildman–Crippen LogP) is 2.30. The zero-order valence-electron chi connectivity index (χ0n) is 25.3. The number of ketones is 3. The molecule has 244 valence electrons. The van der Waals surface area contributed by atoms with E-state index in [1.807, 2.05) is 0 Å². The highest BCUT2D eigenvalue weighted by atomic mass is 32.2. The van der Waals surface area contributed by atoms with Crippen LogP contribution in [0.2, 0.25) is 0 Å². The molecule has 4 aromatic rings. The first-order valence-electron chi connectivity index (χ1n) is 14.4. The number of hydrogen-bond acceptors (Lipinski definition) is 11. The molecule has 1 unspecified atom stereocenters. The number of carbonyl (C=O) groups is 3. The van der Waals surface area contributed by atoms with Gasteiger partial charge in [0.05, 0.1) is 4.90 Å². The van der Waals surface area contributed by atoms with Gasteiger partial charge in [0, 0.05) is 23.8 Å². The second-order valence-corrected chi connectivity index (χ2v) is 13.2. The molecule has 0 radical (unpaired) electrons. The maximum absolute atomic E-state index is 14.6. The summed E-state index contributed by atoms with van der Waals surface area (Å²) in [6.07, 6.45) is -5.16. The number of aliphatic hydroxyl groups excluding tert-OH is 1.